The molecule has 3 rings (SSSR count). The monoisotopic (exact) mass is 258 g/mol. The maximum atomic E-state index is 12.3. The molecule has 2 heterocycles. The molecule has 1 fully saturated rings. The predicted molar refractivity (Wildman–Crippen MR) is 74.2 cm³/mol. The van der Waals surface area contributed by atoms with Gasteiger partial charge in [-0.25, -0.2) is 0 Å². The van der Waals surface area contributed by atoms with Crippen LogP contribution in [0, 0.1) is 0 Å². The van der Waals surface area contributed by atoms with Crippen LogP contribution in [0.2, 0.25) is 0 Å². The van der Waals surface area contributed by atoms with Crippen LogP contribution in [-0.4, -0.2) is 24.5 Å². The molecule has 0 bridgehead atoms. The fourth-order valence-corrected chi connectivity index (χ4v) is 2.64. The van der Waals surface area contributed by atoms with Gasteiger partial charge in [-0.05, 0) is 32.4 Å². The number of piperidine rings is 1. The van der Waals surface area contributed by atoms with Crippen LogP contribution >= 0.6 is 0 Å². The number of fused-ring (bicyclic) bond motifs is 1. The number of furan rings is 1. The Morgan fingerprint density at radius 3 is 3.11 bits per heavy atom. The molecule has 2 atom stereocenters. The van der Waals surface area contributed by atoms with Gasteiger partial charge in [0.15, 0.2) is 0 Å². The van der Waals surface area contributed by atoms with Crippen molar-refractivity contribution in [1.29, 1.82) is 0 Å². The highest BCUT2D eigenvalue weighted by molar-refractivity contribution is 6.06. The van der Waals surface area contributed by atoms with Gasteiger partial charge in [-0.2, -0.15) is 0 Å². The van der Waals surface area contributed by atoms with Crippen molar-refractivity contribution >= 4 is 16.9 Å². The van der Waals surface area contributed by atoms with Crippen LogP contribution in [0.25, 0.3) is 11.0 Å². The van der Waals surface area contributed by atoms with E-state index in [9.17, 15) is 4.79 Å². The van der Waals surface area contributed by atoms with Gasteiger partial charge in [0.1, 0.15) is 11.8 Å². The lowest BCUT2D eigenvalue weighted by Gasteiger charge is -2.30. The zero-order chi connectivity index (χ0) is 13.2. The summed E-state index contributed by atoms with van der Waals surface area (Å²) >= 11 is 0. The Morgan fingerprint density at radius 2 is 2.26 bits per heavy atom. The van der Waals surface area contributed by atoms with E-state index in [2.05, 4.69) is 17.6 Å². The summed E-state index contributed by atoms with van der Waals surface area (Å²) < 4.78 is 5.41. The Kier molecular flexibility index (Phi) is 3.25. The van der Waals surface area contributed by atoms with Crippen LogP contribution < -0.4 is 10.6 Å². The molecule has 1 aromatic heterocycles. The average Bonchev–Trinajstić information content (AvgIpc) is 2.85. The highest BCUT2D eigenvalue weighted by Gasteiger charge is 2.24. The second-order valence-corrected chi connectivity index (χ2v) is 5.11. The molecule has 0 aliphatic carbocycles. The van der Waals surface area contributed by atoms with Crippen molar-refractivity contribution in [2.24, 2.45) is 0 Å². The molecule has 100 valence electrons. The minimum absolute atomic E-state index is 0.0505. The number of hydrogen-bond donors (Lipinski definition) is 2. The summed E-state index contributed by atoms with van der Waals surface area (Å²) in [5, 5.41) is 7.36. The molecule has 0 saturated carbocycles. The Bertz CT molecular complexity index is 591. The van der Waals surface area contributed by atoms with Crippen molar-refractivity contribution < 1.29 is 9.21 Å². The van der Waals surface area contributed by atoms with Gasteiger partial charge < -0.3 is 15.1 Å². The van der Waals surface area contributed by atoms with Gasteiger partial charge in [-0.15, -0.1) is 0 Å². The first-order valence-corrected chi connectivity index (χ1v) is 6.76. The van der Waals surface area contributed by atoms with Crippen LogP contribution in [0.4, 0.5) is 0 Å². The first-order valence-electron chi connectivity index (χ1n) is 6.76. The summed E-state index contributed by atoms with van der Waals surface area (Å²) in [6.07, 6.45) is 3.66. The van der Waals surface area contributed by atoms with Crippen LogP contribution in [0.3, 0.4) is 0 Å². The van der Waals surface area contributed by atoms with Crippen molar-refractivity contribution in [1.82, 2.24) is 10.6 Å². The quantitative estimate of drug-likeness (QED) is 0.869. The molecule has 4 nitrogen and oxygen atoms in total. The number of amides is 1. The van der Waals surface area contributed by atoms with E-state index in [4.69, 9.17) is 4.42 Å². The van der Waals surface area contributed by atoms with Crippen LogP contribution in [-0.2, 0) is 0 Å². The standard InChI is InChI=1S/C15H18N2O2/c1-10-13(6-4-8-16-10)17-15(18)12-9-19-14-7-3-2-5-11(12)14/h2-3,5,7,9-10,13,16H,4,6,8H2,1H3,(H,17,18). The number of nitrogens with one attached hydrogen (secondary N) is 2. The molecule has 1 aliphatic rings. The van der Waals surface area contributed by atoms with E-state index in [0.29, 0.717) is 11.6 Å². The zero-order valence-electron chi connectivity index (χ0n) is 11.0. The average molecular weight is 258 g/mol. The van der Waals surface area contributed by atoms with E-state index in [1.807, 2.05) is 24.3 Å². The predicted octanol–water partition coefficient (Wildman–Crippen LogP) is 2.30. The smallest absolute Gasteiger partial charge is 0.255 e. The van der Waals surface area contributed by atoms with Crippen molar-refractivity contribution in [2.75, 3.05) is 6.54 Å². The Balaban J connectivity index is 1.80. The number of hydrogen-bond acceptors (Lipinski definition) is 3. The molecule has 2 unspecified atom stereocenters. The number of rotatable bonds is 2. The molecule has 1 saturated heterocycles. The lowest BCUT2D eigenvalue weighted by molar-refractivity contribution is 0.0920. The van der Waals surface area contributed by atoms with Gasteiger partial charge in [0, 0.05) is 17.5 Å². The number of carbonyl (C=O) groups excluding carboxylic acids is 1. The van der Waals surface area contributed by atoms with Gasteiger partial charge in [0.05, 0.1) is 5.56 Å². The first-order chi connectivity index (χ1) is 9.25. The summed E-state index contributed by atoms with van der Waals surface area (Å²) in [5.74, 6) is -0.0505. The van der Waals surface area contributed by atoms with E-state index >= 15 is 0 Å². The second kappa shape index (κ2) is 5.05. The second-order valence-electron chi connectivity index (χ2n) is 5.11. The summed E-state index contributed by atoms with van der Waals surface area (Å²) in [5.41, 5.74) is 1.37. The Morgan fingerprint density at radius 1 is 1.42 bits per heavy atom. The number of carbonyl (C=O) groups is 1. The number of benzene rings is 1. The fourth-order valence-electron chi connectivity index (χ4n) is 2.64. The molecule has 2 aromatic rings. The lowest BCUT2D eigenvalue weighted by atomic mass is 9.99. The Labute approximate surface area is 112 Å². The molecule has 0 spiro atoms. The van der Waals surface area contributed by atoms with E-state index < -0.39 is 0 Å². The highest BCUT2D eigenvalue weighted by Crippen LogP contribution is 2.21. The van der Waals surface area contributed by atoms with Gasteiger partial charge in [0.2, 0.25) is 0 Å². The van der Waals surface area contributed by atoms with Crippen molar-refractivity contribution in [3.8, 4) is 0 Å². The van der Waals surface area contributed by atoms with Crippen LogP contribution in [0.15, 0.2) is 34.9 Å². The fraction of sp³-hybridized carbons (Fsp3) is 0.400. The lowest BCUT2D eigenvalue weighted by Crippen LogP contribution is -2.51. The molecule has 1 aliphatic heterocycles. The largest absolute Gasteiger partial charge is 0.463 e. The van der Waals surface area contributed by atoms with Crippen LogP contribution in [0.1, 0.15) is 30.1 Å². The number of para-hydroxylation sites is 1. The summed E-state index contributed by atoms with van der Waals surface area (Å²) in [6.45, 7) is 3.14. The molecule has 0 radical (unpaired) electrons. The maximum absolute atomic E-state index is 12.3. The summed E-state index contributed by atoms with van der Waals surface area (Å²) in [6, 6.07) is 8.11. The van der Waals surface area contributed by atoms with Crippen LogP contribution in [0.5, 0.6) is 0 Å². The first kappa shape index (κ1) is 12.2. The third kappa shape index (κ3) is 2.36. The van der Waals surface area contributed by atoms with Gasteiger partial charge in [-0.3, -0.25) is 4.79 Å². The highest BCUT2D eigenvalue weighted by atomic mass is 16.3. The van der Waals surface area contributed by atoms with Gasteiger partial charge >= 0.3 is 0 Å². The maximum Gasteiger partial charge on any atom is 0.255 e. The molecule has 2 N–H and O–H groups in total. The van der Waals surface area contributed by atoms with Crippen molar-refractivity contribution in [2.45, 2.75) is 31.8 Å². The van der Waals surface area contributed by atoms with Crippen molar-refractivity contribution in [3.05, 3.63) is 36.1 Å². The van der Waals surface area contributed by atoms with E-state index in [1.165, 1.54) is 0 Å². The van der Waals surface area contributed by atoms with E-state index in [0.717, 1.165) is 30.4 Å². The SMILES string of the molecule is CC1NCCCC1NC(=O)c1coc2ccccc12. The molecule has 1 amide bonds. The minimum Gasteiger partial charge on any atom is -0.463 e. The minimum atomic E-state index is -0.0505. The van der Waals surface area contributed by atoms with E-state index in [-0.39, 0.29) is 11.9 Å². The van der Waals surface area contributed by atoms with Gasteiger partial charge in [-0.1, -0.05) is 18.2 Å². The molecule has 1 aromatic carbocycles. The molecule has 19 heavy (non-hydrogen) atoms. The summed E-state index contributed by atoms with van der Waals surface area (Å²) in [7, 11) is 0. The zero-order valence-corrected chi connectivity index (χ0v) is 11.0. The van der Waals surface area contributed by atoms with E-state index in [1.54, 1.807) is 6.26 Å². The third-order valence-electron chi connectivity index (χ3n) is 3.80. The topological polar surface area (TPSA) is 54.3 Å². The summed E-state index contributed by atoms with van der Waals surface area (Å²) in [4.78, 5) is 12.3. The third-order valence-corrected chi connectivity index (χ3v) is 3.80. The van der Waals surface area contributed by atoms with Crippen molar-refractivity contribution in [3.63, 3.8) is 0 Å². The molecular weight excluding hydrogens is 240 g/mol. The molecular formula is C15H18N2O2. The molecule has 4 heteroatoms. The van der Waals surface area contributed by atoms with Gasteiger partial charge in [0.25, 0.3) is 5.91 Å². The Hall–Kier alpha value is -1.81. The normalized spacial score (nSPS) is 23.4.